The minimum atomic E-state index is -0.542. The van der Waals surface area contributed by atoms with Gasteiger partial charge in [-0.25, -0.2) is 19.0 Å². The van der Waals surface area contributed by atoms with Crippen LogP contribution in [0.5, 0.6) is 11.8 Å². The summed E-state index contributed by atoms with van der Waals surface area (Å²) in [7, 11) is 0. The van der Waals surface area contributed by atoms with Crippen LogP contribution in [-0.4, -0.2) is 24.7 Å². The van der Waals surface area contributed by atoms with Gasteiger partial charge in [0.2, 0.25) is 11.8 Å². The van der Waals surface area contributed by atoms with Crippen LogP contribution >= 0.6 is 0 Å². The van der Waals surface area contributed by atoms with Gasteiger partial charge in [-0.2, -0.15) is 0 Å². The number of hydrogen-bond acceptors (Lipinski definition) is 6. The molecular formula is C18H12FN5O3. The Hall–Kier alpha value is -3.88. The Kier molecular flexibility index (Phi) is 4.17. The number of benzene rings is 1. The monoisotopic (exact) mass is 365 g/mol. The molecule has 0 N–H and O–H groups in total. The van der Waals surface area contributed by atoms with E-state index in [0.29, 0.717) is 16.6 Å². The summed E-state index contributed by atoms with van der Waals surface area (Å²) >= 11 is 0. The highest BCUT2D eigenvalue weighted by atomic mass is 19.1. The molecule has 0 spiro atoms. The Bertz CT molecular complexity index is 1130. The number of ether oxygens (including phenoxy) is 1. The van der Waals surface area contributed by atoms with Crippen molar-refractivity contribution in [1.82, 2.24) is 19.7 Å². The lowest BCUT2D eigenvalue weighted by atomic mass is 10.2. The molecule has 0 fully saturated rings. The van der Waals surface area contributed by atoms with E-state index in [4.69, 9.17) is 4.74 Å². The first-order valence-electron chi connectivity index (χ1n) is 7.95. The van der Waals surface area contributed by atoms with Gasteiger partial charge in [-0.3, -0.25) is 10.1 Å². The molecule has 1 aromatic carbocycles. The number of pyridine rings is 2. The average molecular weight is 365 g/mol. The van der Waals surface area contributed by atoms with Gasteiger partial charge >= 0.3 is 0 Å². The minimum Gasteiger partial charge on any atom is -0.418 e. The molecule has 0 amide bonds. The third kappa shape index (κ3) is 3.30. The van der Waals surface area contributed by atoms with Crippen molar-refractivity contribution in [3.63, 3.8) is 0 Å². The van der Waals surface area contributed by atoms with Gasteiger partial charge in [0, 0.05) is 23.9 Å². The quantitative estimate of drug-likeness (QED) is 0.395. The molecule has 4 aromatic rings. The fourth-order valence-corrected chi connectivity index (χ4v) is 2.59. The molecule has 0 aliphatic heterocycles. The van der Waals surface area contributed by atoms with E-state index in [2.05, 4.69) is 15.1 Å². The highest BCUT2D eigenvalue weighted by Crippen LogP contribution is 2.28. The third-order valence-corrected chi connectivity index (χ3v) is 3.88. The Morgan fingerprint density at radius 2 is 1.96 bits per heavy atom. The molecule has 0 aliphatic carbocycles. The van der Waals surface area contributed by atoms with Crippen molar-refractivity contribution >= 4 is 16.7 Å². The number of nitro groups is 1. The number of aromatic nitrogens is 4. The molecule has 0 saturated heterocycles. The Morgan fingerprint density at radius 1 is 1.11 bits per heavy atom. The Balaban J connectivity index is 1.69. The molecule has 0 bridgehead atoms. The maximum absolute atomic E-state index is 14.0. The third-order valence-electron chi connectivity index (χ3n) is 3.88. The van der Waals surface area contributed by atoms with E-state index in [9.17, 15) is 14.5 Å². The molecule has 3 heterocycles. The Labute approximate surface area is 152 Å². The topological polar surface area (TPSA) is 96.0 Å². The smallest absolute Gasteiger partial charge is 0.287 e. The van der Waals surface area contributed by atoms with Crippen molar-refractivity contribution in [3.8, 4) is 11.8 Å². The lowest BCUT2D eigenvalue weighted by Crippen LogP contribution is -2.04. The first kappa shape index (κ1) is 16.6. The SMILES string of the molecule is O=[N+]([O-])c1ccc(Oc2nn(Cc3ccccc3F)c3ncccc23)nc1. The molecule has 3 aromatic heterocycles. The second-order valence-corrected chi connectivity index (χ2v) is 5.64. The van der Waals surface area contributed by atoms with E-state index >= 15 is 0 Å². The zero-order valence-electron chi connectivity index (χ0n) is 13.8. The van der Waals surface area contributed by atoms with E-state index in [1.54, 1.807) is 36.5 Å². The van der Waals surface area contributed by atoms with Gasteiger partial charge in [0.1, 0.15) is 12.0 Å². The molecule has 8 nitrogen and oxygen atoms in total. The van der Waals surface area contributed by atoms with Gasteiger partial charge in [-0.1, -0.05) is 18.2 Å². The van der Waals surface area contributed by atoms with Gasteiger partial charge < -0.3 is 4.74 Å². The standard InChI is InChI=1S/C18H12FN5O3/c19-15-6-2-1-4-12(15)11-23-17-14(5-3-9-20-17)18(22-23)27-16-8-7-13(10-21-16)24(25)26/h1-10H,11H2. The van der Waals surface area contributed by atoms with Gasteiger partial charge in [0.25, 0.3) is 5.69 Å². The van der Waals surface area contributed by atoms with Crippen LogP contribution in [0.1, 0.15) is 5.56 Å². The summed E-state index contributed by atoms with van der Waals surface area (Å²) in [6.45, 7) is 0.178. The molecular weight excluding hydrogens is 353 g/mol. The predicted octanol–water partition coefficient (Wildman–Crippen LogP) is 3.71. The predicted molar refractivity (Wildman–Crippen MR) is 94.0 cm³/mol. The van der Waals surface area contributed by atoms with Gasteiger partial charge in [-0.05, 0) is 18.2 Å². The first-order chi connectivity index (χ1) is 13.1. The number of hydrogen-bond donors (Lipinski definition) is 0. The van der Waals surface area contributed by atoms with Gasteiger partial charge in [-0.15, -0.1) is 5.10 Å². The van der Waals surface area contributed by atoms with Gasteiger partial charge in [0.05, 0.1) is 16.9 Å². The molecule has 4 rings (SSSR count). The summed E-state index contributed by atoms with van der Waals surface area (Å²) in [5.74, 6) is 0.0503. The molecule has 0 saturated carbocycles. The summed E-state index contributed by atoms with van der Waals surface area (Å²) in [6.07, 6.45) is 2.71. The second-order valence-electron chi connectivity index (χ2n) is 5.64. The fraction of sp³-hybridized carbons (Fsp3) is 0.0556. The van der Waals surface area contributed by atoms with Crippen LogP contribution in [0.4, 0.5) is 10.1 Å². The van der Waals surface area contributed by atoms with Crippen molar-refractivity contribution in [3.05, 3.63) is 82.4 Å². The van der Waals surface area contributed by atoms with Crippen LogP contribution in [0.3, 0.4) is 0 Å². The number of nitrogens with zero attached hydrogens (tertiary/aromatic N) is 5. The second kappa shape index (κ2) is 6.79. The van der Waals surface area contributed by atoms with Crippen LogP contribution in [0, 0.1) is 15.9 Å². The van der Waals surface area contributed by atoms with E-state index in [0.717, 1.165) is 6.20 Å². The fourth-order valence-electron chi connectivity index (χ4n) is 2.59. The Morgan fingerprint density at radius 3 is 2.70 bits per heavy atom. The molecule has 0 aliphatic rings. The van der Waals surface area contributed by atoms with E-state index in [1.165, 1.54) is 22.9 Å². The zero-order valence-corrected chi connectivity index (χ0v) is 13.8. The van der Waals surface area contributed by atoms with Crippen LogP contribution in [0.25, 0.3) is 11.0 Å². The largest absolute Gasteiger partial charge is 0.418 e. The van der Waals surface area contributed by atoms with Crippen molar-refractivity contribution in [2.75, 3.05) is 0 Å². The van der Waals surface area contributed by atoms with Crippen molar-refractivity contribution in [1.29, 1.82) is 0 Å². The lowest BCUT2D eigenvalue weighted by Gasteiger charge is -2.04. The summed E-state index contributed by atoms with van der Waals surface area (Å²) in [5, 5.41) is 15.7. The maximum atomic E-state index is 14.0. The first-order valence-corrected chi connectivity index (χ1v) is 7.95. The average Bonchev–Trinajstić information content (AvgIpc) is 3.02. The number of halogens is 1. The van der Waals surface area contributed by atoms with E-state index in [-0.39, 0.29) is 29.8 Å². The number of fused-ring (bicyclic) bond motifs is 1. The van der Waals surface area contributed by atoms with Crippen LogP contribution < -0.4 is 4.74 Å². The van der Waals surface area contributed by atoms with Crippen LogP contribution in [-0.2, 0) is 6.54 Å². The molecule has 0 unspecified atom stereocenters. The van der Waals surface area contributed by atoms with Crippen molar-refractivity contribution in [2.24, 2.45) is 0 Å². The summed E-state index contributed by atoms with van der Waals surface area (Å²) in [4.78, 5) is 18.4. The van der Waals surface area contributed by atoms with Gasteiger partial charge in [0.15, 0.2) is 5.65 Å². The zero-order chi connectivity index (χ0) is 18.8. The minimum absolute atomic E-state index is 0.140. The highest BCUT2D eigenvalue weighted by Gasteiger charge is 2.16. The summed E-state index contributed by atoms with van der Waals surface area (Å²) in [5.41, 5.74) is 0.851. The van der Waals surface area contributed by atoms with E-state index in [1.807, 2.05) is 0 Å². The lowest BCUT2D eigenvalue weighted by molar-refractivity contribution is -0.385. The summed E-state index contributed by atoms with van der Waals surface area (Å²) < 4.78 is 21.2. The molecule has 134 valence electrons. The molecule has 9 heteroatoms. The molecule has 0 radical (unpaired) electrons. The van der Waals surface area contributed by atoms with Crippen molar-refractivity contribution < 1.29 is 14.1 Å². The summed E-state index contributed by atoms with van der Waals surface area (Å²) in [6, 6.07) is 12.6. The van der Waals surface area contributed by atoms with Crippen LogP contribution in [0.15, 0.2) is 60.9 Å². The van der Waals surface area contributed by atoms with Crippen LogP contribution in [0.2, 0.25) is 0 Å². The van der Waals surface area contributed by atoms with E-state index < -0.39 is 4.92 Å². The number of rotatable bonds is 5. The highest BCUT2D eigenvalue weighted by molar-refractivity contribution is 5.81. The molecule has 27 heavy (non-hydrogen) atoms. The normalized spacial score (nSPS) is 10.9. The molecule has 0 atom stereocenters. The van der Waals surface area contributed by atoms with Crippen molar-refractivity contribution in [2.45, 2.75) is 6.54 Å². The maximum Gasteiger partial charge on any atom is 0.287 e.